The van der Waals surface area contributed by atoms with Gasteiger partial charge < -0.3 is 9.47 Å². The molecule has 26 heavy (non-hydrogen) atoms. The van der Waals surface area contributed by atoms with Crippen LogP contribution in [-0.2, 0) is 9.47 Å². The zero-order valence-electron chi connectivity index (χ0n) is 15.4. The monoisotopic (exact) mass is 439 g/mol. The van der Waals surface area contributed by atoms with Crippen LogP contribution in [0.3, 0.4) is 0 Å². The first-order valence-corrected chi connectivity index (χ1v) is 9.93. The lowest BCUT2D eigenvalue weighted by Crippen LogP contribution is -2.47. The molecule has 0 aliphatic carbocycles. The van der Waals surface area contributed by atoms with E-state index in [2.05, 4.69) is 25.9 Å². The van der Waals surface area contributed by atoms with E-state index >= 15 is 0 Å². The van der Waals surface area contributed by atoms with E-state index in [0.29, 0.717) is 6.61 Å². The molecule has 1 aliphatic rings. The van der Waals surface area contributed by atoms with E-state index in [-0.39, 0.29) is 6.04 Å². The van der Waals surface area contributed by atoms with Gasteiger partial charge >= 0.3 is 6.09 Å². The molecule has 2 aromatic rings. The molecule has 1 aliphatic heterocycles. The van der Waals surface area contributed by atoms with Gasteiger partial charge in [0, 0.05) is 6.20 Å². The zero-order chi connectivity index (χ0) is 19.1. The van der Waals surface area contributed by atoms with Crippen molar-refractivity contribution < 1.29 is 14.3 Å². The van der Waals surface area contributed by atoms with E-state index in [0.717, 1.165) is 20.2 Å². The number of carbonyl (C=O) groups excluding carboxylic acids is 1. The summed E-state index contributed by atoms with van der Waals surface area (Å²) in [7, 11) is 0. The van der Waals surface area contributed by atoms with Gasteiger partial charge in [0.25, 0.3) is 0 Å². The highest BCUT2D eigenvalue weighted by Crippen LogP contribution is 2.40. The number of hydrogen-bond donors (Lipinski definition) is 0. The summed E-state index contributed by atoms with van der Waals surface area (Å²) in [5, 5.41) is 0.804. The summed E-state index contributed by atoms with van der Waals surface area (Å²) in [6.45, 7) is 9.66. The van der Waals surface area contributed by atoms with Crippen LogP contribution in [0.15, 0.2) is 29.0 Å². The molecule has 0 N–H and O–H groups in total. The summed E-state index contributed by atoms with van der Waals surface area (Å²) < 4.78 is 12.2. The molecule has 3 rings (SSSR count). The zero-order valence-corrected chi connectivity index (χ0v) is 17.8. The van der Waals surface area contributed by atoms with Crippen LogP contribution >= 0.6 is 27.3 Å². The summed E-state index contributed by atoms with van der Waals surface area (Å²) in [4.78, 5) is 24.3. The van der Waals surface area contributed by atoms with Crippen LogP contribution in [0.4, 0.5) is 4.79 Å². The van der Waals surface area contributed by atoms with Gasteiger partial charge in [-0.3, -0.25) is 4.90 Å². The molecule has 2 aromatic heterocycles. The van der Waals surface area contributed by atoms with Crippen molar-refractivity contribution >= 4 is 33.4 Å². The van der Waals surface area contributed by atoms with Crippen LogP contribution in [0.1, 0.15) is 45.7 Å². The van der Waals surface area contributed by atoms with Crippen molar-refractivity contribution in [1.29, 1.82) is 0 Å². The molecule has 1 unspecified atom stereocenters. The van der Waals surface area contributed by atoms with Crippen LogP contribution in [0, 0.1) is 0 Å². The van der Waals surface area contributed by atoms with Gasteiger partial charge in [0.05, 0.1) is 17.2 Å². The van der Waals surface area contributed by atoms with Gasteiger partial charge in [-0.05, 0) is 62.7 Å². The Labute approximate surface area is 165 Å². The number of hydrogen-bond acceptors (Lipinski definition) is 6. The summed E-state index contributed by atoms with van der Waals surface area (Å²) in [6.07, 6.45) is 1.38. The number of pyridine rings is 1. The Balaban J connectivity index is 1.89. The van der Waals surface area contributed by atoms with Crippen LogP contribution in [0.2, 0.25) is 0 Å². The van der Waals surface area contributed by atoms with Crippen molar-refractivity contribution in [3.05, 3.63) is 34.0 Å². The van der Waals surface area contributed by atoms with Crippen molar-refractivity contribution in [1.82, 2.24) is 14.9 Å². The second-order valence-corrected chi connectivity index (χ2v) is 9.41. The molecule has 0 bridgehead atoms. The first-order chi connectivity index (χ1) is 12.1. The van der Waals surface area contributed by atoms with Crippen molar-refractivity contribution in [2.45, 2.75) is 52.0 Å². The van der Waals surface area contributed by atoms with Crippen LogP contribution in [0.5, 0.6) is 0 Å². The standard InChI is InChI=1S/C18H22BrN3O3S/c1-17(2,3)25-16(23)22-12(10-24-18(22,4)5)15-20-9-13(26-15)11-7-6-8-14(19)21-11/h6-9,12H,10H2,1-5H3. The molecule has 140 valence electrons. The lowest BCUT2D eigenvalue weighted by molar-refractivity contribution is -0.0626. The first-order valence-electron chi connectivity index (χ1n) is 8.32. The Morgan fingerprint density at radius 2 is 2.15 bits per heavy atom. The lowest BCUT2D eigenvalue weighted by atomic mass is 10.2. The van der Waals surface area contributed by atoms with E-state index in [1.165, 1.54) is 11.3 Å². The minimum Gasteiger partial charge on any atom is -0.444 e. The van der Waals surface area contributed by atoms with E-state index in [9.17, 15) is 4.79 Å². The minimum atomic E-state index is -0.757. The first kappa shape index (κ1) is 19.3. The van der Waals surface area contributed by atoms with Crippen molar-refractivity contribution in [2.24, 2.45) is 0 Å². The fourth-order valence-electron chi connectivity index (χ4n) is 2.75. The van der Waals surface area contributed by atoms with Crippen molar-refractivity contribution in [3.8, 4) is 10.6 Å². The van der Waals surface area contributed by atoms with E-state index in [1.807, 2.05) is 52.8 Å². The summed E-state index contributed by atoms with van der Waals surface area (Å²) >= 11 is 4.90. The number of thiazole rings is 1. The Bertz CT molecular complexity index is 816. The van der Waals surface area contributed by atoms with Gasteiger partial charge in [-0.25, -0.2) is 14.8 Å². The molecular weight excluding hydrogens is 418 g/mol. The highest BCUT2D eigenvalue weighted by Gasteiger charge is 2.47. The molecule has 1 saturated heterocycles. The maximum atomic E-state index is 12.8. The maximum Gasteiger partial charge on any atom is 0.413 e. The number of nitrogens with zero attached hydrogens (tertiary/aromatic N) is 3. The normalized spacial score (nSPS) is 19.6. The molecule has 0 spiro atoms. The van der Waals surface area contributed by atoms with E-state index in [1.54, 1.807) is 11.1 Å². The fraction of sp³-hybridized carbons (Fsp3) is 0.500. The number of amides is 1. The molecule has 1 amide bonds. The third kappa shape index (κ3) is 4.07. The lowest BCUT2D eigenvalue weighted by Gasteiger charge is -2.34. The van der Waals surface area contributed by atoms with Crippen molar-refractivity contribution in [3.63, 3.8) is 0 Å². The topological polar surface area (TPSA) is 64.5 Å². The van der Waals surface area contributed by atoms with Gasteiger partial charge in [-0.1, -0.05) is 6.07 Å². The Hall–Kier alpha value is -1.51. The van der Waals surface area contributed by atoms with Crippen LogP contribution in [-0.4, -0.2) is 38.9 Å². The Kier molecular flexibility index (Phi) is 5.11. The second-order valence-electron chi connectivity index (χ2n) is 7.53. The molecule has 0 radical (unpaired) electrons. The van der Waals surface area contributed by atoms with Crippen LogP contribution in [0.25, 0.3) is 10.6 Å². The number of aromatic nitrogens is 2. The van der Waals surface area contributed by atoms with Crippen molar-refractivity contribution in [2.75, 3.05) is 6.61 Å². The average Bonchev–Trinajstić information content (AvgIpc) is 3.09. The predicted octanol–water partition coefficient (Wildman–Crippen LogP) is 5.01. The number of halogens is 1. The molecular formula is C18H22BrN3O3S. The number of ether oxygens (including phenoxy) is 2. The second kappa shape index (κ2) is 6.90. The summed E-state index contributed by atoms with van der Waals surface area (Å²) in [6, 6.07) is 5.46. The largest absolute Gasteiger partial charge is 0.444 e. The predicted molar refractivity (Wildman–Crippen MR) is 104 cm³/mol. The third-order valence-corrected chi connectivity index (χ3v) is 5.42. The quantitative estimate of drug-likeness (QED) is 0.615. The Morgan fingerprint density at radius 1 is 1.42 bits per heavy atom. The smallest absolute Gasteiger partial charge is 0.413 e. The number of carbonyl (C=O) groups is 1. The maximum absolute atomic E-state index is 12.8. The minimum absolute atomic E-state index is 0.286. The average molecular weight is 440 g/mol. The Morgan fingerprint density at radius 3 is 2.81 bits per heavy atom. The molecule has 8 heteroatoms. The van der Waals surface area contributed by atoms with Gasteiger partial charge in [-0.15, -0.1) is 11.3 Å². The van der Waals surface area contributed by atoms with Gasteiger partial charge in [0.2, 0.25) is 0 Å². The molecule has 0 aromatic carbocycles. The molecule has 1 fully saturated rings. The van der Waals surface area contributed by atoms with E-state index in [4.69, 9.17) is 9.47 Å². The molecule has 3 heterocycles. The summed E-state index contributed by atoms with van der Waals surface area (Å²) in [5.41, 5.74) is -0.494. The highest BCUT2D eigenvalue weighted by molar-refractivity contribution is 9.10. The van der Waals surface area contributed by atoms with Gasteiger partial charge in [-0.2, -0.15) is 0 Å². The molecule has 6 nitrogen and oxygen atoms in total. The van der Waals surface area contributed by atoms with Crippen LogP contribution < -0.4 is 0 Å². The number of rotatable bonds is 2. The summed E-state index contributed by atoms with van der Waals surface area (Å²) in [5.74, 6) is 0. The molecule has 1 atom stereocenters. The highest BCUT2D eigenvalue weighted by atomic mass is 79.9. The third-order valence-electron chi connectivity index (χ3n) is 3.85. The molecule has 0 saturated carbocycles. The SMILES string of the molecule is CC(C)(C)OC(=O)N1C(c2ncc(-c3cccc(Br)n3)s2)COC1(C)C. The fourth-order valence-corrected chi connectivity index (χ4v) is 4.06. The van der Waals surface area contributed by atoms with Gasteiger partial charge in [0.15, 0.2) is 0 Å². The van der Waals surface area contributed by atoms with E-state index < -0.39 is 17.4 Å². The van der Waals surface area contributed by atoms with Gasteiger partial charge in [0.1, 0.15) is 27.0 Å².